The predicted octanol–water partition coefficient (Wildman–Crippen LogP) is -0.612. The van der Waals surface area contributed by atoms with Gasteiger partial charge in [0.25, 0.3) is 0 Å². The van der Waals surface area contributed by atoms with E-state index in [1.165, 1.54) is 0 Å². The van der Waals surface area contributed by atoms with Crippen LogP contribution in [0.5, 0.6) is 0 Å². The van der Waals surface area contributed by atoms with E-state index >= 15 is 0 Å². The molecule has 0 aliphatic carbocycles. The zero-order valence-electron chi connectivity index (χ0n) is 7.27. The molecule has 0 radical (unpaired) electrons. The Kier molecular flexibility index (Phi) is 3.33. The largest absolute Gasteiger partial charge is 0.405 e. The number of aliphatic hydroxyl groups excluding tert-OH is 1. The maximum Gasteiger partial charge on any atom is 0.405 e. The average Bonchev–Trinajstić information content (AvgIpc) is 2.46. The van der Waals surface area contributed by atoms with Crippen molar-refractivity contribution in [1.82, 2.24) is 10.6 Å². The minimum atomic E-state index is -4.40. The summed E-state index contributed by atoms with van der Waals surface area (Å²) in [6.45, 7) is -1.09. The highest BCUT2D eigenvalue weighted by atomic mass is 19.4. The van der Waals surface area contributed by atoms with Gasteiger partial charge >= 0.3 is 6.18 Å². The van der Waals surface area contributed by atoms with Crippen LogP contribution in [0.25, 0.3) is 0 Å². The van der Waals surface area contributed by atoms with Crippen LogP contribution in [0.15, 0.2) is 0 Å². The molecular formula is C7H11F3N2O2. The number of amides is 1. The van der Waals surface area contributed by atoms with E-state index in [4.69, 9.17) is 5.11 Å². The highest BCUT2D eigenvalue weighted by Crippen LogP contribution is 2.13. The van der Waals surface area contributed by atoms with Crippen LogP contribution in [0.1, 0.15) is 6.42 Å². The van der Waals surface area contributed by atoms with Crippen LogP contribution in [-0.4, -0.2) is 42.4 Å². The van der Waals surface area contributed by atoms with Gasteiger partial charge in [-0.15, -0.1) is 0 Å². The van der Waals surface area contributed by atoms with E-state index < -0.39 is 30.8 Å². The van der Waals surface area contributed by atoms with E-state index in [9.17, 15) is 18.0 Å². The highest BCUT2D eigenvalue weighted by molar-refractivity contribution is 5.82. The first-order chi connectivity index (χ1) is 6.38. The molecule has 2 atom stereocenters. The summed E-state index contributed by atoms with van der Waals surface area (Å²) in [7, 11) is 0. The number of alkyl halides is 3. The molecule has 2 unspecified atom stereocenters. The Labute approximate surface area is 78.5 Å². The first-order valence-electron chi connectivity index (χ1n) is 4.14. The second-order valence-electron chi connectivity index (χ2n) is 3.18. The quantitative estimate of drug-likeness (QED) is 0.572. The fraction of sp³-hybridized carbons (Fsp3) is 0.857. The molecule has 1 saturated heterocycles. The Morgan fingerprint density at radius 2 is 2.21 bits per heavy atom. The van der Waals surface area contributed by atoms with Crippen LogP contribution in [0.3, 0.4) is 0 Å². The molecular weight excluding hydrogens is 201 g/mol. The maximum absolute atomic E-state index is 11.7. The Hall–Kier alpha value is -0.820. The van der Waals surface area contributed by atoms with Crippen molar-refractivity contribution >= 4 is 5.91 Å². The molecule has 0 aromatic rings. The first kappa shape index (κ1) is 11.3. The molecule has 1 aliphatic heterocycles. The van der Waals surface area contributed by atoms with Crippen molar-refractivity contribution in [2.45, 2.75) is 24.7 Å². The Morgan fingerprint density at radius 3 is 2.64 bits per heavy atom. The summed E-state index contributed by atoms with van der Waals surface area (Å²) < 4.78 is 35.1. The van der Waals surface area contributed by atoms with Gasteiger partial charge in [-0.05, 0) is 6.42 Å². The van der Waals surface area contributed by atoms with Crippen molar-refractivity contribution in [2.75, 3.05) is 13.1 Å². The lowest BCUT2D eigenvalue weighted by atomic mass is 10.2. The number of aliphatic hydroxyl groups is 1. The Balaban J connectivity index is 2.29. The van der Waals surface area contributed by atoms with Gasteiger partial charge < -0.3 is 15.7 Å². The number of hydrogen-bond donors (Lipinski definition) is 3. The summed E-state index contributed by atoms with van der Waals surface area (Å²) >= 11 is 0. The zero-order chi connectivity index (χ0) is 10.8. The minimum Gasteiger partial charge on any atom is -0.392 e. The number of rotatable bonds is 2. The van der Waals surface area contributed by atoms with Crippen molar-refractivity contribution < 1.29 is 23.1 Å². The summed E-state index contributed by atoms with van der Waals surface area (Å²) in [5.41, 5.74) is 0. The second-order valence-corrected chi connectivity index (χ2v) is 3.18. The summed E-state index contributed by atoms with van der Waals surface area (Å²) in [4.78, 5) is 11.1. The smallest absolute Gasteiger partial charge is 0.392 e. The number of nitrogens with one attached hydrogen (secondary N) is 2. The van der Waals surface area contributed by atoms with Crippen molar-refractivity contribution in [2.24, 2.45) is 0 Å². The van der Waals surface area contributed by atoms with Gasteiger partial charge in [0.2, 0.25) is 5.91 Å². The predicted molar refractivity (Wildman–Crippen MR) is 41.5 cm³/mol. The Morgan fingerprint density at radius 1 is 1.57 bits per heavy atom. The standard InChI is InChI=1S/C7H11F3N2O2/c8-7(9,10)3-12-6(14)5-1-4(13)2-11-5/h4-5,11,13H,1-3H2,(H,12,14). The van der Waals surface area contributed by atoms with E-state index in [-0.39, 0.29) is 13.0 Å². The second kappa shape index (κ2) is 4.14. The van der Waals surface area contributed by atoms with E-state index in [1.54, 1.807) is 5.32 Å². The number of carbonyl (C=O) groups is 1. The molecule has 0 spiro atoms. The first-order valence-corrected chi connectivity index (χ1v) is 4.14. The molecule has 0 aromatic carbocycles. The van der Waals surface area contributed by atoms with Crippen LogP contribution in [0, 0.1) is 0 Å². The molecule has 1 amide bonds. The average molecular weight is 212 g/mol. The van der Waals surface area contributed by atoms with Crippen LogP contribution < -0.4 is 10.6 Å². The maximum atomic E-state index is 11.7. The van der Waals surface area contributed by atoms with Gasteiger partial charge in [-0.2, -0.15) is 13.2 Å². The highest BCUT2D eigenvalue weighted by Gasteiger charge is 2.32. The van der Waals surface area contributed by atoms with Crippen LogP contribution in [0.2, 0.25) is 0 Å². The lowest BCUT2D eigenvalue weighted by Crippen LogP contribution is -2.44. The summed E-state index contributed by atoms with van der Waals surface area (Å²) in [6.07, 6.45) is -4.90. The van der Waals surface area contributed by atoms with E-state index in [0.29, 0.717) is 0 Å². The molecule has 4 nitrogen and oxygen atoms in total. The van der Waals surface area contributed by atoms with E-state index in [1.807, 2.05) is 0 Å². The van der Waals surface area contributed by atoms with Crippen LogP contribution >= 0.6 is 0 Å². The fourth-order valence-corrected chi connectivity index (χ4v) is 1.23. The number of carbonyl (C=O) groups excluding carboxylic acids is 1. The summed E-state index contributed by atoms with van der Waals surface area (Å²) in [5.74, 6) is -0.723. The van der Waals surface area contributed by atoms with Crippen molar-refractivity contribution in [1.29, 1.82) is 0 Å². The monoisotopic (exact) mass is 212 g/mol. The molecule has 0 bridgehead atoms. The van der Waals surface area contributed by atoms with Gasteiger partial charge in [0.1, 0.15) is 6.54 Å². The third kappa shape index (κ3) is 3.51. The molecule has 3 N–H and O–H groups in total. The van der Waals surface area contributed by atoms with Gasteiger partial charge in [-0.25, -0.2) is 0 Å². The number of halogens is 3. The summed E-state index contributed by atoms with van der Waals surface area (Å²) in [6, 6.07) is -0.715. The molecule has 7 heteroatoms. The molecule has 1 heterocycles. The molecule has 14 heavy (non-hydrogen) atoms. The molecule has 1 aliphatic rings. The lowest BCUT2D eigenvalue weighted by Gasteiger charge is -2.12. The minimum absolute atomic E-state index is 0.156. The van der Waals surface area contributed by atoms with Crippen LogP contribution in [0.4, 0.5) is 13.2 Å². The van der Waals surface area contributed by atoms with Crippen molar-refractivity contribution in [3.63, 3.8) is 0 Å². The zero-order valence-corrected chi connectivity index (χ0v) is 7.27. The molecule has 0 saturated carbocycles. The molecule has 1 fully saturated rings. The number of hydrogen-bond acceptors (Lipinski definition) is 3. The molecule has 1 rings (SSSR count). The number of β-amino-alcohol motifs (C(OH)–C–C–N with tert-alkyl or cyclic N) is 1. The van der Waals surface area contributed by atoms with E-state index in [0.717, 1.165) is 0 Å². The van der Waals surface area contributed by atoms with Gasteiger partial charge in [0.05, 0.1) is 12.1 Å². The normalized spacial score (nSPS) is 27.7. The Bertz CT molecular complexity index is 219. The molecule has 82 valence electrons. The van der Waals surface area contributed by atoms with Gasteiger partial charge in [0.15, 0.2) is 0 Å². The third-order valence-corrected chi connectivity index (χ3v) is 1.89. The third-order valence-electron chi connectivity index (χ3n) is 1.89. The fourth-order valence-electron chi connectivity index (χ4n) is 1.23. The van der Waals surface area contributed by atoms with Crippen LogP contribution in [-0.2, 0) is 4.79 Å². The topological polar surface area (TPSA) is 61.4 Å². The SMILES string of the molecule is O=C(NCC(F)(F)F)C1CC(O)CN1. The van der Waals surface area contributed by atoms with E-state index in [2.05, 4.69) is 5.32 Å². The summed E-state index contributed by atoms with van der Waals surface area (Å²) in [5, 5.41) is 13.4. The van der Waals surface area contributed by atoms with Gasteiger partial charge in [-0.1, -0.05) is 0 Å². The van der Waals surface area contributed by atoms with Crippen molar-refractivity contribution in [3.05, 3.63) is 0 Å². The van der Waals surface area contributed by atoms with Crippen molar-refractivity contribution in [3.8, 4) is 0 Å². The van der Waals surface area contributed by atoms with Gasteiger partial charge in [0, 0.05) is 6.54 Å². The lowest BCUT2D eigenvalue weighted by molar-refractivity contribution is -0.139. The van der Waals surface area contributed by atoms with Gasteiger partial charge in [-0.3, -0.25) is 4.79 Å². The molecule has 0 aromatic heterocycles.